The number of hydrogen-bond acceptors (Lipinski definition) is 9. The molecular formula is C31H43N3O9. The molecule has 43 heavy (non-hydrogen) atoms. The third-order valence-electron chi connectivity index (χ3n) is 8.16. The highest BCUT2D eigenvalue weighted by atomic mass is 16.6. The van der Waals surface area contributed by atoms with Gasteiger partial charge in [-0.05, 0) is 53.4 Å². The standard InChI is InChI=1S/C31H43N3O9/c1-30(2,3)24-25(35)34-17-22(14-23(34)27(37)40-6)43-29(39)33-15-20-10-9-19(13-21(20)16-33)26(36)41-12-8-7-11-31(4,5)18-42-28(38)32-24/h9-10,13,22-24H,7-8,11-12,14-18H2,1-6H3,(H,32,38)/t22-,23?,24-/m1/s1. The smallest absolute Gasteiger partial charge is 0.410 e. The number of cyclic esters (lactones) is 2. The van der Waals surface area contributed by atoms with Crippen LogP contribution in [0.3, 0.4) is 0 Å². The van der Waals surface area contributed by atoms with E-state index in [1.165, 1.54) is 16.9 Å². The van der Waals surface area contributed by atoms with Crippen molar-refractivity contribution in [3.63, 3.8) is 0 Å². The molecule has 3 aliphatic heterocycles. The first-order valence-electron chi connectivity index (χ1n) is 14.7. The Kier molecular flexibility index (Phi) is 9.56. The summed E-state index contributed by atoms with van der Waals surface area (Å²) in [5, 5.41) is 2.70. The Morgan fingerprint density at radius 3 is 2.47 bits per heavy atom. The summed E-state index contributed by atoms with van der Waals surface area (Å²) < 4.78 is 21.8. The van der Waals surface area contributed by atoms with Crippen LogP contribution in [0.2, 0.25) is 0 Å². The first-order chi connectivity index (χ1) is 20.2. The second-order valence-corrected chi connectivity index (χ2v) is 13.4. The van der Waals surface area contributed by atoms with Gasteiger partial charge < -0.3 is 29.2 Å². The highest BCUT2D eigenvalue weighted by molar-refractivity contribution is 5.91. The molecule has 0 spiro atoms. The van der Waals surface area contributed by atoms with E-state index in [2.05, 4.69) is 5.32 Å². The van der Waals surface area contributed by atoms with Gasteiger partial charge >= 0.3 is 24.1 Å². The second-order valence-electron chi connectivity index (χ2n) is 13.4. The molecule has 4 rings (SSSR count). The van der Waals surface area contributed by atoms with Crippen molar-refractivity contribution in [3.8, 4) is 0 Å². The number of hydrogen-bond donors (Lipinski definition) is 1. The summed E-state index contributed by atoms with van der Waals surface area (Å²) in [6, 6.07) is 3.22. The maximum atomic E-state index is 13.9. The minimum Gasteiger partial charge on any atom is -0.467 e. The number of nitrogens with one attached hydrogen (secondary N) is 1. The zero-order valence-electron chi connectivity index (χ0n) is 25.9. The van der Waals surface area contributed by atoms with E-state index in [0.717, 1.165) is 24.0 Å². The van der Waals surface area contributed by atoms with E-state index in [4.69, 9.17) is 18.9 Å². The van der Waals surface area contributed by atoms with Crippen molar-refractivity contribution in [2.75, 3.05) is 26.9 Å². The summed E-state index contributed by atoms with van der Waals surface area (Å²) in [5.41, 5.74) is 1.04. The van der Waals surface area contributed by atoms with Gasteiger partial charge in [-0.3, -0.25) is 9.69 Å². The number of esters is 2. The number of rotatable bonds is 1. The molecule has 3 heterocycles. The quantitative estimate of drug-likeness (QED) is 0.376. The SMILES string of the molecule is COC(=O)C1C[C@@H]2CN1C(=O)[C@H](C(C)(C)C)NC(=O)OCC(C)(C)CCCCOC(=O)c1ccc3c(c1)CN(C3)C(=O)O2. The van der Waals surface area contributed by atoms with Gasteiger partial charge in [0.05, 0.1) is 32.4 Å². The molecule has 0 aliphatic carbocycles. The van der Waals surface area contributed by atoms with Crippen LogP contribution < -0.4 is 5.32 Å². The van der Waals surface area contributed by atoms with E-state index in [1.54, 1.807) is 32.9 Å². The summed E-state index contributed by atoms with van der Waals surface area (Å²) in [4.78, 5) is 68.2. The average molecular weight is 602 g/mol. The van der Waals surface area contributed by atoms with Gasteiger partial charge in [-0.15, -0.1) is 0 Å². The molecule has 0 aromatic heterocycles. The van der Waals surface area contributed by atoms with Gasteiger partial charge in [-0.1, -0.05) is 40.7 Å². The molecule has 1 fully saturated rings. The maximum Gasteiger partial charge on any atom is 0.410 e. The fraction of sp³-hybridized carbons (Fsp3) is 0.645. The Bertz CT molecular complexity index is 1260. The Morgan fingerprint density at radius 1 is 1.05 bits per heavy atom. The summed E-state index contributed by atoms with van der Waals surface area (Å²) in [6.07, 6.45) is 0.0451. The molecule has 1 saturated heterocycles. The summed E-state index contributed by atoms with van der Waals surface area (Å²) in [7, 11) is 1.23. The number of benzene rings is 1. The van der Waals surface area contributed by atoms with Crippen LogP contribution in [-0.4, -0.2) is 84.9 Å². The number of fused-ring (bicyclic) bond motifs is 4. The van der Waals surface area contributed by atoms with Crippen molar-refractivity contribution >= 4 is 30.0 Å². The molecule has 12 heteroatoms. The largest absolute Gasteiger partial charge is 0.467 e. The van der Waals surface area contributed by atoms with Crippen LogP contribution >= 0.6 is 0 Å². The molecular weight excluding hydrogens is 558 g/mol. The molecule has 236 valence electrons. The lowest BCUT2D eigenvalue weighted by Gasteiger charge is -2.35. The number of amides is 3. The van der Waals surface area contributed by atoms with Gasteiger partial charge in [0.2, 0.25) is 5.91 Å². The molecule has 12 nitrogen and oxygen atoms in total. The highest BCUT2D eigenvalue weighted by Crippen LogP contribution is 2.30. The van der Waals surface area contributed by atoms with Crippen LogP contribution in [0.5, 0.6) is 0 Å². The topological polar surface area (TPSA) is 141 Å². The molecule has 3 aliphatic rings. The molecule has 5 bridgehead atoms. The monoisotopic (exact) mass is 601 g/mol. The Balaban J connectivity index is 1.59. The highest BCUT2D eigenvalue weighted by Gasteiger charge is 2.47. The number of ether oxygens (including phenoxy) is 4. The lowest BCUT2D eigenvalue weighted by molar-refractivity contribution is -0.152. The zero-order valence-corrected chi connectivity index (χ0v) is 25.9. The number of carbonyl (C=O) groups is 5. The Labute approximate surface area is 252 Å². The van der Waals surface area contributed by atoms with Crippen LogP contribution in [0, 0.1) is 10.8 Å². The molecule has 1 aromatic rings. The Hall–Kier alpha value is -3.83. The first kappa shape index (κ1) is 32.1. The van der Waals surface area contributed by atoms with Gasteiger partial charge in [-0.2, -0.15) is 0 Å². The van der Waals surface area contributed by atoms with Crippen molar-refractivity contribution in [3.05, 3.63) is 34.9 Å². The minimum absolute atomic E-state index is 0.0442. The van der Waals surface area contributed by atoms with Gasteiger partial charge in [0, 0.05) is 19.5 Å². The summed E-state index contributed by atoms with van der Waals surface area (Å²) >= 11 is 0. The van der Waals surface area contributed by atoms with E-state index in [1.807, 2.05) is 19.9 Å². The van der Waals surface area contributed by atoms with Gasteiger partial charge in [-0.25, -0.2) is 19.2 Å². The van der Waals surface area contributed by atoms with E-state index in [9.17, 15) is 24.0 Å². The van der Waals surface area contributed by atoms with Crippen molar-refractivity contribution in [1.82, 2.24) is 15.1 Å². The lowest BCUT2D eigenvalue weighted by atomic mass is 9.85. The number of methoxy groups -OCH3 is 1. The fourth-order valence-electron chi connectivity index (χ4n) is 5.61. The fourth-order valence-corrected chi connectivity index (χ4v) is 5.61. The third-order valence-corrected chi connectivity index (χ3v) is 8.16. The molecule has 1 unspecified atom stereocenters. The minimum atomic E-state index is -1.02. The predicted octanol–water partition coefficient (Wildman–Crippen LogP) is 3.79. The molecule has 1 N–H and O–H groups in total. The summed E-state index contributed by atoms with van der Waals surface area (Å²) in [6.45, 7) is 10.2. The van der Waals surface area contributed by atoms with Crippen molar-refractivity contribution < 1.29 is 42.9 Å². The zero-order chi connectivity index (χ0) is 31.5. The predicted molar refractivity (Wildman–Crippen MR) is 154 cm³/mol. The average Bonchev–Trinajstić information content (AvgIpc) is 3.57. The van der Waals surface area contributed by atoms with Crippen LogP contribution in [0.25, 0.3) is 0 Å². The van der Waals surface area contributed by atoms with Crippen LogP contribution in [0.1, 0.15) is 81.8 Å². The molecule has 0 radical (unpaired) electrons. The van der Waals surface area contributed by atoms with Crippen molar-refractivity contribution in [2.24, 2.45) is 10.8 Å². The van der Waals surface area contributed by atoms with Crippen molar-refractivity contribution in [1.29, 1.82) is 0 Å². The third kappa shape index (κ3) is 7.77. The van der Waals surface area contributed by atoms with E-state index in [0.29, 0.717) is 18.5 Å². The second kappa shape index (κ2) is 12.8. The van der Waals surface area contributed by atoms with Gasteiger partial charge in [0.1, 0.15) is 18.2 Å². The maximum absolute atomic E-state index is 13.9. The van der Waals surface area contributed by atoms with Crippen LogP contribution in [0.4, 0.5) is 9.59 Å². The molecule has 3 amide bonds. The van der Waals surface area contributed by atoms with Gasteiger partial charge in [0.25, 0.3) is 0 Å². The van der Waals surface area contributed by atoms with Crippen LogP contribution in [0.15, 0.2) is 18.2 Å². The van der Waals surface area contributed by atoms with Crippen molar-refractivity contribution in [2.45, 2.75) is 91.6 Å². The lowest BCUT2D eigenvalue weighted by Crippen LogP contribution is -2.57. The molecule has 3 atom stereocenters. The normalized spacial score (nSPS) is 25.5. The number of nitrogens with zero attached hydrogens (tertiary/aromatic N) is 2. The molecule has 0 saturated carbocycles. The van der Waals surface area contributed by atoms with Gasteiger partial charge in [0.15, 0.2) is 0 Å². The van der Waals surface area contributed by atoms with E-state index < -0.39 is 53.6 Å². The van der Waals surface area contributed by atoms with E-state index in [-0.39, 0.29) is 38.1 Å². The molecule has 1 aromatic carbocycles. The number of alkyl carbamates (subject to hydrolysis) is 1. The number of carbonyl (C=O) groups excluding carboxylic acids is 5. The Morgan fingerprint density at radius 2 is 1.77 bits per heavy atom. The first-order valence-corrected chi connectivity index (χ1v) is 14.7. The van der Waals surface area contributed by atoms with E-state index >= 15 is 0 Å². The van der Waals surface area contributed by atoms with Crippen LogP contribution in [-0.2, 0) is 41.6 Å². The summed E-state index contributed by atoms with van der Waals surface area (Å²) in [5.74, 6) is -1.57.